The van der Waals surface area contributed by atoms with E-state index in [-0.39, 0.29) is 13.1 Å². The van der Waals surface area contributed by atoms with E-state index < -0.39 is 23.6 Å². The Morgan fingerprint density at radius 1 is 0.340 bits per heavy atom. The van der Waals surface area contributed by atoms with E-state index in [1.807, 2.05) is 121 Å². The topological polar surface area (TPSA) is 81.2 Å². The van der Waals surface area contributed by atoms with Crippen LogP contribution in [0.4, 0.5) is 22.7 Å². The van der Waals surface area contributed by atoms with Crippen molar-refractivity contribution < 1.29 is 19.2 Å². The van der Waals surface area contributed by atoms with Gasteiger partial charge in [0, 0.05) is 82.0 Å². The second-order valence-corrected chi connectivity index (χ2v) is 12.2. The normalized spacial score (nSPS) is 13.6. The molecule has 0 radical (unpaired) electrons. The minimum Gasteiger partial charge on any atom is -0.340 e. The first-order valence-corrected chi connectivity index (χ1v) is 16.6. The second-order valence-electron chi connectivity index (χ2n) is 12.2. The Hall–Kier alpha value is -6.54. The lowest BCUT2D eigenvalue weighted by Gasteiger charge is -2.34. The molecule has 2 aliphatic heterocycles. The van der Waals surface area contributed by atoms with Gasteiger partial charge in [-0.2, -0.15) is 0 Å². The number of rotatable bonds is 10. The van der Waals surface area contributed by atoms with Gasteiger partial charge >= 0.3 is 0 Å². The molecule has 0 saturated heterocycles. The standard InChI is InChI=1S/C42H32N4O4/c47-39-33-21-23-35-38-36(42(50)46(41(35)49)28-26-44(31-17-9-3-10-18-31)32-19-11-4-12-20-32)24-22-34(37(33)38)40(48)45(39)27-25-43(29-13-5-1-6-14-29)30-15-7-2-8-16-30/h1-24H,25-28H2. The fourth-order valence-electron chi connectivity index (χ4n) is 7.03. The highest BCUT2D eigenvalue weighted by atomic mass is 16.2. The molecule has 8 heteroatoms. The van der Waals surface area contributed by atoms with Crippen molar-refractivity contribution in [2.24, 2.45) is 0 Å². The molecule has 0 unspecified atom stereocenters. The highest BCUT2D eigenvalue weighted by Gasteiger charge is 2.39. The summed E-state index contributed by atoms with van der Waals surface area (Å²) in [5, 5.41) is 0.733. The molecule has 0 atom stereocenters. The van der Waals surface area contributed by atoms with E-state index in [9.17, 15) is 19.2 Å². The highest BCUT2D eigenvalue weighted by molar-refractivity contribution is 6.33. The number of hydrogen-bond donors (Lipinski definition) is 0. The van der Waals surface area contributed by atoms with Crippen LogP contribution in [-0.4, -0.2) is 59.6 Å². The molecule has 0 saturated carbocycles. The van der Waals surface area contributed by atoms with E-state index in [0.29, 0.717) is 46.1 Å². The van der Waals surface area contributed by atoms with E-state index in [4.69, 9.17) is 0 Å². The monoisotopic (exact) mass is 656 g/mol. The number of hydrogen-bond acceptors (Lipinski definition) is 6. The van der Waals surface area contributed by atoms with Crippen LogP contribution >= 0.6 is 0 Å². The summed E-state index contributed by atoms with van der Waals surface area (Å²) in [7, 11) is 0. The van der Waals surface area contributed by atoms with E-state index in [2.05, 4.69) is 9.80 Å². The van der Waals surface area contributed by atoms with Crippen LogP contribution in [0.2, 0.25) is 0 Å². The molecule has 0 aliphatic carbocycles. The van der Waals surface area contributed by atoms with Gasteiger partial charge in [-0.25, -0.2) is 0 Å². The largest absolute Gasteiger partial charge is 0.340 e. The van der Waals surface area contributed by atoms with Crippen molar-refractivity contribution in [1.82, 2.24) is 9.80 Å². The van der Waals surface area contributed by atoms with Crippen LogP contribution in [0, 0.1) is 0 Å². The van der Waals surface area contributed by atoms with Crippen molar-refractivity contribution in [2.75, 3.05) is 36.0 Å². The lowest BCUT2D eigenvalue weighted by Crippen LogP contribution is -2.46. The number of nitrogens with zero attached hydrogens (tertiary/aromatic N) is 4. The van der Waals surface area contributed by atoms with Crippen molar-refractivity contribution in [3.63, 3.8) is 0 Å². The van der Waals surface area contributed by atoms with Gasteiger partial charge in [0.05, 0.1) is 0 Å². The minimum absolute atomic E-state index is 0.136. The smallest absolute Gasteiger partial charge is 0.261 e. The third-order valence-corrected chi connectivity index (χ3v) is 9.43. The predicted molar refractivity (Wildman–Crippen MR) is 194 cm³/mol. The molecule has 2 heterocycles. The van der Waals surface area contributed by atoms with Gasteiger partial charge in [0.2, 0.25) is 0 Å². The van der Waals surface area contributed by atoms with Crippen LogP contribution < -0.4 is 9.80 Å². The number of amides is 4. The highest BCUT2D eigenvalue weighted by Crippen LogP contribution is 2.38. The van der Waals surface area contributed by atoms with Crippen molar-refractivity contribution >= 4 is 57.2 Å². The molecule has 0 fully saturated rings. The van der Waals surface area contributed by atoms with E-state index in [0.717, 1.165) is 22.7 Å². The molecule has 0 spiro atoms. The van der Waals surface area contributed by atoms with Crippen LogP contribution in [-0.2, 0) is 0 Å². The molecule has 8 rings (SSSR count). The van der Waals surface area contributed by atoms with Crippen molar-refractivity contribution in [3.8, 4) is 0 Å². The first-order chi connectivity index (χ1) is 24.5. The van der Waals surface area contributed by atoms with Crippen LogP contribution in [0.5, 0.6) is 0 Å². The maximum Gasteiger partial charge on any atom is 0.261 e. The fraction of sp³-hybridized carbons (Fsp3) is 0.0952. The van der Waals surface area contributed by atoms with Gasteiger partial charge in [-0.15, -0.1) is 0 Å². The van der Waals surface area contributed by atoms with Gasteiger partial charge < -0.3 is 9.80 Å². The average molecular weight is 657 g/mol. The molecular weight excluding hydrogens is 624 g/mol. The summed E-state index contributed by atoms with van der Waals surface area (Å²) in [6.45, 7) is 1.01. The fourth-order valence-corrected chi connectivity index (χ4v) is 7.03. The van der Waals surface area contributed by atoms with E-state index in [1.54, 1.807) is 24.3 Å². The summed E-state index contributed by atoms with van der Waals surface area (Å²) in [6.07, 6.45) is 0. The summed E-state index contributed by atoms with van der Waals surface area (Å²) in [5.41, 5.74) is 4.97. The molecule has 6 aromatic rings. The minimum atomic E-state index is -0.448. The van der Waals surface area contributed by atoms with Crippen molar-refractivity contribution in [1.29, 1.82) is 0 Å². The van der Waals surface area contributed by atoms with Crippen molar-refractivity contribution in [3.05, 3.63) is 168 Å². The van der Waals surface area contributed by atoms with Crippen LogP contribution in [0.25, 0.3) is 10.8 Å². The van der Waals surface area contributed by atoms with Gasteiger partial charge in [0.15, 0.2) is 0 Å². The third kappa shape index (κ3) is 5.27. The molecule has 0 bridgehead atoms. The van der Waals surface area contributed by atoms with E-state index in [1.165, 1.54) is 9.80 Å². The molecule has 0 aromatic heterocycles. The molecule has 0 N–H and O–H groups in total. The van der Waals surface area contributed by atoms with Crippen molar-refractivity contribution in [2.45, 2.75) is 0 Å². The van der Waals surface area contributed by atoms with Crippen LogP contribution in [0.15, 0.2) is 146 Å². The SMILES string of the molecule is O=C1c2ccc3c4c(ccc(c24)C(=O)N1CCN(c1ccccc1)c1ccccc1)C(=O)N(CCN(c1ccccc1)c1ccccc1)C3=O. The summed E-state index contributed by atoms with van der Waals surface area (Å²) < 4.78 is 0. The predicted octanol–water partition coefficient (Wildman–Crippen LogP) is 7.71. The number of para-hydroxylation sites is 4. The van der Waals surface area contributed by atoms with Gasteiger partial charge in [-0.3, -0.25) is 29.0 Å². The average Bonchev–Trinajstić information content (AvgIpc) is 3.17. The second kappa shape index (κ2) is 12.8. The summed E-state index contributed by atoms with van der Waals surface area (Å²) >= 11 is 0. The number of imide groups is 2. The molecule has 8 nitrogen and oxygen atoms in total. The number of anilines is 4. The Bertz CT molecular complexity index is 1950. The molecular formula is C42H32N4O4. The first-order valence-electron chi connectivity index (χ1n) is 16.6. The lowest BCUT2D eigenvalue weighted by atomic mass is 9.86. The van der Waals surface area contributed by atoms with E-state index >= 15 is 0 Å². The molecule has 50 heavy (non-hydrogen) atoms. The maximum atomic E-state index is 14.0. The molecule has 244 valence electrons. The first kappa shape index (κ1) is 30.8. The van der Waals surface area contributed by atoms with Gasteiger partial charge in [0.1, 0.15) is 0 Å². The zero-order valence-electron chi connectivity index (χ0n) is 27.1. The molecule has 2 aliphatic rings. The zero-order valence-corrected chi connectivity index (χ0v) is 27.1. The van der Waals surface area contributed by atoms with Gasteiger partial charge in [0.25, 0.3) is 23.6 Å². The Balaban J connectivity index is 1.08. The Kier molecular flexibility index (Phi) is 7.89. The van der Waals surface area contributed by atoms with Gasteiger partial charge in [-0.05, 0) is 72.8 Å². The Labute approximate surface area is 289 Å². The number of carbonyl (C=O) groups is 4. The molecule has 4 amide bonds. The van der Waals surface area contributed by atoms with Crippen LogP contribution in [0.1, 0.15) is 41.4 Å². The quantitative estimate of drug-likeness (QED) is 0.141. The Morgan fingerprint density at radius 2 is 0.580 bits per heavy atom. The lowest BCUT2D eigenvalue weighted by molar-refractivity contribution is 0.0594. The van der Waals surface area contributed by atoms with Crippen LogP contribution in [0.3, 0.4) is 0 Å². The third-order valence-electron chi connectivity index (χ3n) is 9.43. The number of benzene rings is 6. The molecule has 6 aromatic carbocycles. The zero-order chi connectivity index (χ0) is 34.2. The maximum absolute atomic E-state index is 14.0. The van der Waals surface area contributed by atoms with Gasteiger partial charge in [-0.1, -0.05) is 72.8 Å². The summed E-state index contributed by atoms with van der Waals surface area (Å²) in [4.78, 5) is 62.7. The Morgan fingerprint density at radius 3 is 0.820 bits per heavy atom. The summed E-state index contributed by atoms with van der Waals surface area (Å²) in [5.74, 6) is -1.79. The number of carbonyl (C=O) groups excluding carboxylic acids is 4. The summed E-state index contributed by atoms with van der Waals surface area (Å²) in [6, 6.07) is 45.7.